The molecule has 0 radical (unpaired) electrons. The smallest absolute Gasteiger partial charge is 0.353 e. The van der Waals surface area contributed by atoms with Crippen molar-refractivity contribution in [3.05, 3.63) is 70.9 Å². The number of carbonyl (C=O) groups is 1. The van der Waals surface area contributed by atoms with Crippen molar-refractivity contribution in [3.63, 3.8) is 0 Å². The summed E-state index contributed by atoms with van der Waals surface area (Å²) in [5.41, 5.74) is 4.65. The molecule has 0 amide bonds. The van der Waals surface area contributed by atoms with E-state index in [0.29, 0.717) is 18.1 Å². The van der Waals surface area contributed by atoms with Gasteiger partial charge in [-0.1, -0.05) is 30.3 Å². The molecule has 1 aromatic heterocycles. The fraction of sp³-hybridized carbons (Fsp3) is 0.158. The van der Waals surface area contributed by atoms with Crippen molar-refractivity contribution in [1.82, 2.24) is 10.2 Å². The van der Waals surface area contributed by atoms with Crippen LogP contribution in [0, 0.1) is 13.8 Å². The molecule has 0 atom stereocenters. The Hall–Kier alpha value is -3.08. The third kappa shape index (κ3) is 3.30. The van der Waals surface area contributed by atoms with Crippen molar-refractivity contribution in [3.8, 4) is 17.0 Å². The quantitative estimate of drug-likeness (QED) is 0.745. The van der Waals surface area contributed by atoms with Crippen LogP contribution in [0.1, 0.15) is 27.2 Å². The van der Waals surface area contributed by atoms with Gasteiger partial charge in [0, 0.05) is 5.56 Å². The number of hydrogen-bond acceptors (Lipinski definition) is 3. The molecule has 5 nitrogen and oxygen atoms in total. The lowest BCUT2D eigenvalue weighted by molar-refractivity contribution is 0.0690. The lowest BCUT2D eigenvalue weighted by atomic mass is 10.0. The molecule has 0 aliphatic heterocycles. The number of aromatic amines is 1. The number of benzene rings is 2. The van der Waals surface area contributed by atoms with Gasteiger partial charge in [0.05, 0.1) is 5.69 Å². The van der Waals surface area contributed by atoms with Crippen molar-refractivity contribution in [2.75, 3.05) is 0 Å². The van der Waals surface area contributed by atoms with Crippen LogP contribution in [0.4, 0.5) is 0 Å². The zero-order valence-corrected chi connectivity index (χ0v) is 13.5. The summed E-state index contributed by atoms with van der Waals surface area (Å²) >= 11 is 0. The number of ether oxygens (including phenoxy) is 1. The van der Waals surface area contributed by atoms with Crippen LogP contribution in [-0.4, -0.2) is 21.3 Å². The summed E-state index contributed by atoms with van der Waals surface area (Å²) in [5, 5.41) is 15.7. The molecule has 0 bridgehead atoms. The fourth-order valence-corrected chi connectivity index (χ4v) is 2.41. The van der Waals surface area contributed by atoms with Gasteiger partial charge in [-0.3, -0.25) is 5.10 Å². The number of hydrogen-bond donors (Lipinski definition) is 2. The Morgan fingerprint density at radius 2 is 1.83 bits per heavy atom. The molecule has 1 heterocycles. The first-order valence-corrected chi connectivity index (χ1v) is 7.61. The van der Waals surface area contributed by atoms with Gasteiger partial charge >= 0.3 is 5.97 Å². The number of aromatic nitrogens is 2. The van der Waals surface area contributed by atoms with Gasteiger partial charge < -0.3 is 9.84 Å². The van der Waals surface area contributed by atoms with Gasteiger partial charge in [0.15, 0.2) is 0 Å². The third-order valence-electron chi connectivity index (χ3n) is 3.92. The lowest BCUT2D eigenvalue weighted by Gasteiger charge is -2.13. The Morgan fingerprint density at radius 1 is 1.12 bits per heavy atom. The predicted molar refractivity (Wildman–Crippen MR) is 91.2 cm³/mol. The largest absolute Gasteiger partial charge is 0.488 e. The first-order valence-electron chi connectivity index (χ1n) is 7.61. The number of H-pyrrole nitrogens is 1. The van der Waals surface area contributed by atoms with E-state index in [2.05, 4.69) is 10.2 Å². The maximum atomic E-state index is 11.1. The molecule has 2 aromatic carbocycles. The van der Waals surface area contributed by atoms with Crippen molar-refractivity contribution >= 4 is 5.97 Å². The first-order chi connectivity index (χ1) is 11.5. The molecule has 0 saturated heterocycles. The van der Waals surface area contributed by atoms with E-state index in [4.69, 9.17) is 9.84 Å². The summed E-state index contributed by atoms with van der Waals surface area (Å²) in [6.45, 7) is 4.46. The van der Waals surface area contributed by atoms with Gasteiger partial charge in [-0.15, -0.1) is 0 Å². The van der Waals surface area contributed by atoms with Crippen molar-refractivity contribution in [2.24, 2.45) is 0 Å². The summed E-state index contributed by atoms with van der Waals surface area (Å²) in [7, 11) is 0. The first kappa shape index (κ1) is 15.8. The minimum atomic E-state index is -1.04. The summed E-state index contributed by atoms with van der Waals surface area (Å²) in [5.74, 6) is -0.352. The normalized spacial score (nSPS) is 10.6. The SMILES string of the molecule is Cc1cc(OCc2ccccc2)c(-c2cc(C(=O)O)[nH]n2)cc1C. The maximum Gasteiger partial charge on any atom is 0.353 e. The van der Waals surface area contributed by atoms with Crippen LogP contribution in [0.2, 0.25) is 0 Å². The molecular formula is C19H18N2O3. The number of rotatable bonds is 5. The highest BCUT2D eigenvalue weighted by Crippen LogP contribution is 2.32. The molecule has 0 spiro atoms. The third-order valence-corrected chi connectivity index (χ3v) is 3.92. The van der Waals surface area contributed by atoms with Gasteiger partial charge in [0.25, 0.3) is 0 Å². The van der Waals surface area contributed by atoms with E-state index in [0.717, 1.165) is 22.3 Å². The Morgan fingerprint density at radius 3 is 2.50 bits per heavy atom. The summed E-state index contributed by atoms with van der Waals surface area (Å²) in [6.07, 6.45) is 0. The zero-order chi connectivity index (χ0) is 17.1. The Bertz CT molecular complexity index is 870. The van der Waals surface area contributed by atoms with Crippen LogP contribution in [0.25, 0.3) is 11.3 Å². The summed E-state index contributed by atoms with van der Waals surface area (Å²) in [6, 6.07) is 15.3. The molecule has 0 fully saturated rings. The number of carboxylic acid groups (broad SMARTS) is 1. The topological polar surface area (TPSA) is 75.2 Å². The number of aromatic carboxylic acids is 1. The molecule has 0 aliphatic carbocycles. The number of nitrogens with zero attached hydrogens (tertiary/aromatic N) is 1. The highest BCUT2D eigenvalue weighted by atomic mass is 16.5. The van der Waals surface area contributed by atoms with Gasteiger partial charge in [-0.25, -0.2) is 4.79 Å². The summed E-state index contributed by atoms with van der Waals surface area (Å²) < 4.78 is 5.98. The molecule has 0 saturated carbocycles. The van der Waals surface area contributed by atoms with Crippen LogP contribution >= 0.6 is 0 Å². The van der Waals surface area contributed by atoms with Crippen molar-refractivity contribution in [1.29, 1.82) is 0 Å². The van der Waals surface area contributed by atoms with Crippen molar-refractivity contribution < 1.29 is 14.6 Å². The van der Waals surface area contributed by atoms with E-state index in [-0.39, 0.29) is 5.69 Å². The standard InChI is InChI=1S/C19H18N2O3/c1-12-8-15(16-10-17(19(22)23)21-20-16)18(9-13(12)2)24-11-14-6-4-3-5-7-14/h3-10H,11H2,1-2H3,(H,20,21)(H,22,23). The molecule has 3 rings (SSSR count). The van der Waals surface area contributed by atoms with Gasteiger partial charge in [-0.2, -0.15) is 5.10 Å². The predicted octanol–water partition coefficient (Wildman–Crippen LogP) is 3.97. The number of carboxylic acids is 1. The minimum absolute atomic E-state index is 0.0530. The fourth-order valence-electron chi connectivity index (χ4n) is 2.41. The molecule has 0 aliphatic rings. The van der Waals surface area contributed by atoms with E-state index in [1.165, 1.54) is 6.07 Å². The van der Waals surface area contributed by atoms with Crippen LogP contribution in [-0.2, 0) is 6.61 Å². The highest BCUT2D eigenvalue weighted by Gasteiger charge is 2.15. The monoisotopic (exact) mass is 322 g/mol. The lowest BCUT2D eigenvalue weighted by Crippen LogP contribution is -1.98. The molecular weight excluding hydrogens is 304 g/mol. The van der Waals surface area contributed by atoms with E-state index < -0.39 is 5.97 Å². The van der Waals surface area contributed by atoms with Crippen molar-refractivity contribution in [2.45, 2.75) is 20.5 Å². The Balaban J connectivity index is 1.95. The van der Waals surface area contributed by atoms with E-state index >= 15 is 0 Å². The van der Waals surface area contributed by atoms with E-state index in [1.807, 2.05) is 56.3 Å². The molecule has 3 aromatic rings. The molecule has 0 unspecified atom stereocenters. The second-order valence-electron chi connectivity index (χ2n) is 5.68. The van der Waals surface area contributed by atoms with Crippen LogP contribution in [0.15, 0.2) is 48.5 Å². The average molecular weight is 322 g/mol. The maximum absolute atomic E-state index is 11.1. The molecule has 122 valence electrons. The molecule has 5 heteroatoms. The van der Waals surface area contributed by atoms with E-state index in [1.54, 1.807) is 0 Å². The second kappa shape index (κ2) is 6.58. The minimum Gasteiger partial charge on any atom is -0.488 e. The second-order valence-corrected chi connectivity index (χ2v) is 5.68. The summed E-state index contributed by atoms with van der Waals surface area (Å²) in [4.78, 5) is 11.1. The van der Waals surface area contributed by atoms with Crippen LogP contribution in [0.3, 0.4) is 0 Å². The highest BCUT2D eigenvalue weighted by molar-refractivity contribution is 5.87. The van der Waals surface area contributed by atoms with Crippen LogP contribution < -0.4 is 4.74 Å². The average Bonchev–Trinajstić information content (AvgIpc) is 3.06. The zero-order valence-electron chi connectivity index (χ0n) is 13.5. The van der Waals surface area contributed by atoms with Crippen LogP contribution in [0.5, 0.6) is 5.75 Å². The molecule has 24 heavy (non-hydrogen) atoms. The van der Waals surface area contributed by atoms with Gasteiger partial charge in [0.2, 0.25) is 0 Å². The Kier molecular flexibility index (Phi) is 4.33. The van der Waals surface area contributed by atoms with E-state index in [9.17, 15) is 4.79 Å². The molecule has 2 N–H and O–H groups in total. The number of aryl methyl sites for hydroxylation is 2. The number of nitrogens with one attached hydrogen (secondary N) is 1. The Labute approximate surface area is 139 Å². The van der Waals surface area contributed by atoms with Gasteiger partial charge in [0.1, 0.15) is 18.1 Å². The van der Waals surface area contributed by atoms with Gasteiger partial charge in [-0.05, 0) is 48.7 Å².